The van der Waals surface area contributed by atoms with E-state index in [1.165, 1.54) is 12.1 Å². The number of rotatable bonds is 3. The molecule has 0 aliphatic heterocycles. The van der Waals surface area contributed by atoms with Crippen LogP contribution in [0.2, 0.25) is 0 Å². The van der Waals surface area contributed by atoms with Gasteiger partial charge >= 0.3 is 5.97 Å². The number of carboxylic acids is 1. The second kappa shape index (κ2) is 5.82. The molecule has 0 unspecified atom stereocenters. The van der Waals surface area contributed by atoms with Crippen molar-refractivity contribution >= 4 is 28.5 Å². The molecule has 0 aliphatic carbocycles. The van der Waals surface area contributed by atoms with Gasteiger partial charge in [0.1, 0.15) is 0 Å². The Labute approximate surface area is 133 Å². The first kappa shape index (κ1) is 14.6. The van der Waals surface area contributed by atoms with Gasteiger partial charge in [-0.3, -0.25) is 0 Å². The van der Waals surface area contributed by atoms with Crippen molar-refractivity contribution in [2.24, 2.45) is 7.05 Å². The maximum Gasteiger partial charge on any atom is 0.335 e. The molecular weight excluding hydrogens is 288 g/mol. The summed E-state index contributed by atoms with van der Waals surface area (Å²) in [6.45, 7) is 0. The lowest BCUT2D eigenvalue weighted by atomic mass is 10.0. The second-order valence-electron chi connectivity index (χ2n) is 5.26. The Kier molecular flexibility index (Phi) is 3.70. The molecule has 2 aromatic carbocycles. The number of nitrogens with zero attached hydrogens (tertiary/aromatic N) is 2. The molecule has 0 spiro atoms. The maximum absolute atomic E-state index is 10.9. The minimum Gasteiger partial charge on any atom is -0.478 e. The quantitative estimate of drug-likeness (QED) is 0.745. The number of fused-ring (bicyclic) bond motifs is 1. The topological polar surface area (TPSA) is 66.0 Å². The fourth-order valence-corrected chi connectivity index (χ4v) is 2.62. The number of hydrogen-bond donors (Lipinski definition) is 1. The molecule has 4 nitrogen and oxygen atoms in total. The number of carbonyl (C=O) groups is 1. The van der Waals surface area contributed by atoms with Crippen LogP contribution in [0.4, 0.5) is 0 Å². The molecule has 0 bridgehead atoms. The third-order valence-electron chi connectivity index (χ3n) is 3.79. The van der Waals surface area contributed by atoms with Gasteiger partial charge in [-0.1, -0.05) is 30.3 Å². The summed E-state index contributed by atoms with van der Waals surface area (Å²) in [5.41, 5.74) is 3.46. The van der Waals surface area contributed by atoms with E-state index in [0.29, 0.717) is 11.1 Å². The molecular formula is C19H14N2O2. The lowest BCUT2D eigenvalue weighted by Gasteiger charge is -2.00. The zero-order valence-electron chi connectivity index (χ0n) is 12.5. The number of para-hydroxylation sites is 1. The molecule has 4 heteroatoms. The van der Waals surface area contributed by atoms with Crippen LogP contribution in [-0.4, -0.2) is 15.6 Å². The molecule has 1 N–H and O–H groups in total. The van der Waals surface area contributed by atoms with Gasteiger partial charge in [-0.25, -0.2) is 4.79 Å². The molecule has 0 saturated heterocycles. The van der Waals surface area contributed by atoms with Crippen LogP contribution >= 0.6 is 0 Å². The van der Waals surface area contributed by atoms with E-state index < -0.39 is 5.97 Å². The molecule has 3 aromatic rings. The number of allylic oxidation sites excluding steroid dienone is 1. The monoisotopic (exact) mass is 302 g/mol. The van der Waals surface area contributed by atoms with E-state index in [9.17, 15) is 10.1 Å². The first-order chi connectivity index (χ1) is 11.1. The van der Waals surface area contributed by atoms with E-state index in [4.69, 9.17) is 5.11 Å². The fraction of sp³-hybridized carbons (Fsp3) is 0.0526. The van der Waals surface area contributed by atoms with E-state index in [-0.39, 0.29) is 5.56 Å². The summed E-state index contributed by atoms with van der Waals surface area (Å²) in [6.07, 6.45) is 3.81. The van der Waals surface area contributed by atoms with Crippen molar-refractivity contribution in [3.8, 4) is 6.07 Å². The van der Waals surface area contributed by atoms with E-state index >= 15 is 0 Å². The standard InChI is InChI=1S/C19H14N2O2/c1-21-12-16(17-4-2-3-5-18(17)21)10-15(11-20)13-6-8-14(9-7-13)19(22)23/h2-10,12H,1H3,(H,22,23)/b15-10-. The number of aryl methyl sites for hydroxylation is 1. The Morgan fingerprint density at radius 3 is 2.43 bits per heavy atom. The minimum atomic E-state index is -0.979. The zero-order chi connectivity index (χ0) is 16.4. The highest BCUT2D eigenvalue weighted by Crippen LogP contribution is 2.25. The Morgan fingerprint density at radius 2 is 1.78 bits per heavy atom. The van der Waals surface area contributed by atoms with Crippen molar-refractivity contribution in [2.75, 3.05) is 0 Å². The van der Waals surface area contributed by atoms with Crippen LogP contribution in [0.1, 0.15) is 21.5 Å². The van der Waals surface area contributed by atoms with Gasteiger partial charge < -0.3 is 9.67 Å². The number of benzene rings is 2. The van der Waals surface area contributed by atoms with E-state index in [0.717, 1.165) is 16.5 Å². The Hall–Kier alpha value is -3.32. The van der Waals surface area contributed by atoms with Gasteiger partial charge in [-0.2, -0.15) is 5.26 Å². The summed E-state index contributed by atoms with van der Waals surface area (Å²) in [5, 5.41) is 19.5. The van der Waals surface area contributed by atoms with Gasteiger partial charge in [-0.05, 0) is 29.8 Å². The summed E-state index contributed by atoms with van der Waals surface area (Å²) in [5.74, 6) is -0.979. The summed E-state index contributed by atoms with van der Waals surface area (Å²) in [6, 6.07) is 16.5. The summed E-state index contributed by atoms with van der Waals surface area (Å²) in [4.78, 5) is 10.9. The molecule has 0 radical (unpaired) electrons. The lowest BCUT2D eigenvalue weighted by Crippen LogP contribution is -1.95. The average Bonchev–Trinajstić information content (AvgIpc) is 2.89. The van der Waals surface area contributed by atoms with E-state index in [2.05, 4.69) is 6.07 Å². The molecule has 112 valence electrons. The molecule has 1 heterocycles. The molecule has 23 heavy (non-hydrogen) atoms. The molecule has 0 atom stereocenters. The summed E-state index contributed by atoms with van der Waals surface area (Å²) in [7, 11) is 1.97. The van der Waals surface area contributed by atoms with Crippen LogP contribution in [-0.2, 0) is 7.05 Å². The van der Waals surface area contributed by atoms with Crippen molar-refractivity contribution in [1.82, 2.24) is 4.57 Å². The van der Waals surface area contributed by atoms with Crippen LogP contribution in [0.25, 0.3) is 22.6 Å². The highest BCUT2D eigenvalue weighted by Gasteiger charge is 2.08. The van der Waals surface area contributed by atoms with Crippen LogP contribution < -0.4 is 0 Å². The largest absolute Gasteiger partial charge is 0.478 e. The molecule has 1 aromatic heterocycles. The highest BCUT2D eigenvalue weighted by molar-refractivity contribution is 5.98. The van der Waals surface area contributed by atoms with E-state index in [1.54, 1.807) is 12.1 Å². The molecule has 0 fully saturated rings. The third-order valence-corrected chi connectivity index (χ3v) is 3.79. The predicted octanol–water partition coefficient (Wildman–Crippen LogP) is 3.94. The van der Waals surface area contributed by atoms with Gasteiger partial charge in [0.05, 0.1) is 17.2 Å². The number of nitriles is 1. The van der Waals surface area contributed by atoms with E-state index in [1.807, 2.05) is 48.2 Å². The van der Waals surface area contributed by atoms with Gasteiger partial charge in [-0.15, -0.1) is 0 Å². The Bertz CT molecular complexity index is 957. The van der Waals surface area contributed by atoms with Gasteiger partial charge in [0, 0.05) is 29.7 Å². The maximum atomic E-state index is 10.9. The van der Waals surface area contributed by atoms with Crippen molar-refractivity contribution in [3.63, 3.8) is 0 Å². The average molecular weight is 302 g/mol. The van der Waals surface area contributed by atoms with Crippen molar-refractivity contribution in [1.29, 1.82) is 5.26 Å². The predicted molar refractivity (Wildman–Crippen MR) is 89.8 cm³/mol. The number of hydrogen-bond acceptors (Lipinski definition) is 2. The van der Waals surface area contributed by atoms with Crippen LogP contribution in [0.5, 0.6) is 0 Å². The normalized spacial score (nSPS) is 11.4. The fourth-order valence-electron chi connectivity index (χ4n) is 2.62. The second-order valence-corrected chi connectivity index (χ2v) is 5.26. The lowest BCUT2D eigenvalue weighted by molar-refractivity contribution is 0.0697. The summed E-state index contributed by atoms with van der Waals surface area (Å²) >= 11 is 0. The highest BCUT2D eigenvalue weighted by atomic mass is 16.4. The van der Waals surface area contributed by atoms with Crippen LogP contribution in [0, 0.1) is 11.3 Å². The van der Waals surface area contributed by atoms with Gasteiger partial charge in [0.2, 0.25) is 0 Å². The number of carboxylic acid groups (broad SMARTS) is 1. The number of aromatic carboxylic acids is 1. The smallest absolute Gasteiger partial charge is 0.335 e. The number of aromatic nitrogens is 1. The minimum absolute atomic E-state index is 0.205. The van der Waals surface area contributed by atoms with Crippen LogP contribution in [0.15, 0.2) is 54.7 Å². The van der Waals surface area contributed by atoms with Crippen molar-refractivity contribution in [3.05, 3.63) is 71.4 Å². The molecule has 0 saturated carbocycles. The van der Waals surface area contributed by atoms with Crippen molar-refractivity contribution < 1.29 is 9.90 Å². The zero-order valence-corrected chi connectivity index (χ0v) is 12.5. The Balaban J connectivity index is 2.08. The first-order valence-corrected chi connectivity index (χ1v) is 7.10. The molecule has 3 rings (SSSR count). The summed E-state index contributed by atoms with van der Waals surface area (Å²) < 4.78 is 2.02. The van der Waals surface area contributed by atoms with Crippen molar-refractivity contribution in [2.45, 2.75) is 0 Å². The van der Waals surface area contributed by atoms with Gasteiger partial charge in [0.25, 0.3) is 0 Å². The first-order valence-electron chi connectivity index (χ1n) is 7.10. The Morgan fingerprint density at radius 1 is 1.13 bits per heavy atom. The SMILES string of the molecule is Cn1cc(/C=C(/C#N)c2ccc(C(=O)O)cc2)c2ccccc21. The van der Waals surface area contributed by atoms with Crippen LogP contribution in [0.3, 0.4) is 0 Å². The molecule has 0 aliphatic rings. The van der Waals surface area contributed by atoms with Gasteiger partial charge in [0.15, 0.2) is 0 Å². The third kappa shape index (κ3) is 2.72. The molecule has 0 amide bonds.